The lowest BCUT2D eigenvalue weighted by Gasteiger charge is -2.07. The average molecular weight is 327 g/mol. The van der Waals surface area contributed by atoms with Crippen LogP contribution in [-0.4, -0.2) is 33.0 Å². The van der Waals surface area contributed by atoms with Gasteiger partial charge in [0.05, 0.1) is 17.3 Å². The zero-order valence-corrected chi connectivity index (χ0v) is 14.0. The van der Waals surface area contributed by atoms with Crippen LogP contribution in [0.3, 0.4) is 0 Å². The standard InChI is InChI=1S/C13H17N3O3S2/c1-5-6-18-12(17)8(3)20-13-16-15-11(19-13)10-7(2)14-9(4)21-10/h8H,5-6H2,1-4H3/t8-/m1/s1. The normalized spacial score (nSPS) is 12.4. The molecule has 6 nitrogen and oxygen atoms in total. The molecule has 0 aliphatic rings. The largest absolute Gasteiger partial charge is 0.465 e. The first-order valence-electron chi connectivity index (χ1n) is 6.62. The minimum Gasteiger partial charge on any atom is -0.465 e. The van der Waals surface area contributed by atoms with E-state index >= 15 is 0 Å². The number of esters is 1. The second kappa shape index (κ2) is 7.04. The van der Waals surface area contributed by atoms with Crippen LogP contribution in [0.1, 0.15) is 31.0 Å². The number of ether oxygens (including phenoxy) is 1. The smallest absolute Gasteiger partial charge is 0.319 e. The highest BCUT2D eigenvalue weighted by atomic mass is 32.2. The molecule has 0 aliphatic heterocycles. The van der Waals surface area contributed by atoms with Gasteiger partial charge in [0.15, 0.2) is 0 Å². The highest BCUT2D eigenvalue weighted by molar-refractivity contribution is 8.00. The number of hydrogen-bond donors (Lipinski definition) is 0. The maximum atomic E-state index is 11.7. The molecule has 21 heavy (non-hydrogen) atoms. The predicted octanol–water partition coefficient (Wildman–Crippen LogP) is 3.24. The first kappa shape index (κ1) is 16.0. The molecule has 0 radical (unpaired) electrons. The lowest BCUT2D eigenvalue weighted by atomic mass is 10.4. The minimum atomic E-state index is -0.380. The summed E-state index contributed by atoms with van der Waals surface area (Å²) in [4.78, 5) is 16.9. The molecule has 2 aromatic rings. The quantitative estimate of drug-likeness (QED) is 0.595. The lowest BCUT2D eigenvalue weighted by molar-refractivity contribution is -0.142. The van der Waals surface area contributed by atoms with Gasteiger partial charge in [-0.2, -0.15) is 0 Å². The van der Waals surface area contributed by atoms with Crippen LogP contribution in [0.4, 0.5) is 0 Å². The van der Waals surface area contributed by atoms with E-state index in [1.165, 1.54) is 23.1 Å². The predicted molar refractivity (Wildman–Crippen MR) is 81.4 cm³/mol. The lowest BCUT2D eigenvalue weighted by Crippen LogP contribution is -2.17. The van der Waals surface area contributed by atoms with Gasteiger partial charge in [-0.1, -0.05) is 18.7 Å². The molecule has 0 N–H and O–H groups in total. The van der Waals surface area contributed by atoms with Gasteiger partial charge in [0, 0.05) is 0 Å². The summed E-state index contributed by atoms with van der Waals surface area (Å²) in [6.07, 6.45) is 0.803. The number of thiazole rings is 1. The maximum absolute atomic E-state index is 11.7. The monoisotopic (exact) mass is 327 g/mol. The number of aryl methyl sites for hydroxylation is 2. The third-order valence-corrected chi connectivity index (χ3v) is 4.54. The van der Waals surface area contributed by atoms with E-state index in [2.05, 4.69) is 15.2 Å². The van der Waals surface area contributed by atoms with Crippen LogP contribution in [0.5, 0.6) is 0 Å². The number of aromatic nitrogens is 3. The Kier molecular flexibility index (Phi) is 5.35. The van der Waals surface area contributed by atoms with E-state index in [9.17, 15) is 4.79 Å². The molecule has 2 aromatic heterocycles. The van der Waals surface area contributed by atoms with Crippen molar-refractivity contribution in [1.82, 2.24) is 15.2 Å². The van der Waals surface area contributed by atoms with E-state index in [4.69, 9.17) is 9.15 Å². The van der Waals surface area contributed by atoms with Gasteiger partial charge < -0.3 is 9.15 Å². The Balaban J connectivity index is 2.03. The molecule has 8 heteroatoms. The third-order valence-electron chi connectivity index (χ3n) is 2.56. The molecule has 0 amide bonds. The second-order valence-electron chi connectivity index (χ2n) is 4.45. The molecule has 0 spiro atoms. The first-order chi connectivity index (χ1) is 10.0. The molecule has 2 heterocycles. The van der Waals surface area contributed by atoms with Crippen molar-refractivity contribution >= 4 is 29.1 Å². The molecule has 2 rings (SSSR count). The summed E-state index contributed by atoms with van der Waals surface area (Å²) in [6.45, 7) is 7.97. The van der Waals surface area contributed by atoms with Gasteiger partial charge in [-0.25, -0.2) is 4.98 Å². The Morgan fingerprint density at radius 2 is 2.19 bits per heavy atom. The van der Waals surface area contributed by atoms with Crippen molar-refractivity contribution in [2.45, 2.75) is 44.6 Å². The zero-order valence-electron chi connectivity index (χ0n) is 12.4. The molecular formula is C13H17N3O3S2. The molecular weight excluding hydrogens is 310 g/mol. The number of hydrogen-bond acceptors (Lipinski definition) is 8. The Morgan fingerprint density at radius 1 is 1.43 bits per heavy atom. The Morgan fingerprint density at radius 3 is 2.81 bits per heavy atom. The second-order valence-corrected chi connectivity index (χ2v) is 6.94. The van der Waals surface area contributed by atoms with E-state index in [1.807, 2.05) is 20.8 Å². The Labute approximate surface area is 131 Å². The minimum absolute atomic E-state index is 0.272. The fourth-order valence-corrected chi connectivity index (χ4v) is 3.12. The number of nitrogens with zero attached hydrogens (tertiary/aromatic N) is 3. The number of carbonyl (C=O) groups excluding carboxylic acids is 1. The summed E-state index contributed by atoms with van der Waals surface area (Å²) >= 11 is 2.71. The fourth-order valence-electron chi connectivity index (χ4n) is 1.60. The van der Waals surface area contributed by atoms with Gasteiger partial charge in [0.25, 0.3) is 11.1 Å². The summed E-state index contributed by atoms with van der Waals surface area (Å²) in [5, 5.41) is 8.91. The van der Waals surface area contributed by atoms with Gasteiger partial charge in [0.1, 0.15) is 10.1 Å². The number of rotatable bonds is 6. The van der Waals surface area contributed by atoms with E-state index in [1.54, 1.807) is 6.92 Å². The SMILES string of the molecule is CCCOC(=O)[C@@H](C)Sc1nnc(-c2sc(C)nc2C)o1. The molecule has 0 bridgehead atoms. The van der Waals surface area contributed by atoms with Crippen molar-refractivity contribution in [3.05, 3.63) is 10.7 Å². The van der Waals surface area contributed by atoms with Gasteiger partial charge >= 0.3 is 5.97 Å². The third kappa shape index (κ3) is 4.04. The van der Waals surface area contributed by atoms with E-state index in [0.29, 0.717) is 17.7 Å². The molecule has 0 aliphatic carbocycles. The summed E-state index contributed by atoms with van der Waals surface area (Å²) < 4.78 is 10.7. The summed E-state index contributed by atoms with van der Waals surface area (Å²) in [5.74, 6) is 0.168. The van der Waals surface area contributed by atoms with Crippen LogP contribution in [0.2, 0.25) is 0 Å². The molecule has 0 aromatic carbocycles. The highest BCUT2D eigenvalue weighted by Crippen LogP contribution is 2.31. The van der Waals surface area contributed by atoms with Gasteiger partial charge in [-0.15, -0.1) is 21.5 Å². The molecule has 1 atom stereocenters. The fraction of sp³-hybridized carbons (Fsp3) is 0.538. The van der Waals surface area contributed by atoms with Crippen LogP contribution in [0.25, 0.3) is 10.8 Å². The Bertz CT molecular complexity index is 624. The molecule has 0 saturated heterocycles. The van der Waals surface area contributed by atoms with Crippen molar-refractivity contribution in [3.63, 3.8) is 0 Å². The van der Waals surface area contributed by atoms with E-state index < -0.39 is 0 Å². The van der Waals surface area contributed by atoms with Crippen LogP contribution >= 0.6 is 23.1 Å². The van der Waals surface area contributed by atoms with Crippen molar-refractivity contribution < 1.29 is 13.9 Å². The van der Waals surface area contributed by atoms with E-state index in [0.717, 1.165) is 22.0 Å². The van der Waals surface area contributed by atoms with Gasteiger partial charge in [-0.05, 0) is 27.2 Å². The Hall–Kier alpha value is -1.41. The van der Waals surface area contributed by atoms with Crippen LogP contribution < -0.4 is 0 Å². The topological polar surface area (TPSA) is 78.1 Å². The molecule has 0 unspecified atom stereocenters. The summed E-state index contributed by atoms with van der Waals surface area (Å²) in [7, 11) is 0. The van der Waals surface area contributed by atoms with Gasteiger partial charge in [0.2, 0.25) is 0 Å². The number of thioether (sulfide) groups is 1. The van der Waals surface area contributed by atoms with Crippen molar-refractivity contribution in [3.8, 4) is 10.8 Å². The zero-order chi connectivity index (χ0) is 15.4. The van der Waals surface area contributed by atoms with Gasteiger partial charge in [-0.3, -0.25) is 4.79 Å². The van der Waals surface area contributed by atoms with E-state index in [-0.39, 0.29) is 11.2 Å². The molecule has 114 valence electrons. The van der Waals surface area contributed by atoms with Crippen LogP contribution in [0, 0.1) is 13.8 Å². The maximum Gasteiger partial charge on any atom is 0.319 e. The summed E-state index contributed by atoms with van der Waals surface area (Å²) in [6, 6.07) is 0. The van der Waals surface area contributed by atoms with Crippen LogP contribution in [0.15, 0.2) is 9.64 Å². The molecule has 0 fully saturated rings. The highest BCUT2D eigenvalue weighted by Gasteiger charge is 2.21. The van der Waals surface area contributed by atoms with Crippen molar-refractivity contribution in [2.75, 3.05) is 6.61 Å². The van der Waals surface area contributed by atoms with Crippen molar-refractivity contribution in [1.29, 1.82) is 0 Å². The van der Waals surface area contributed by atoms with Crippen molar-refractivity contribution in [2.24, 2.45) is 0 Å². The number of carbonyl (C=O) groups is 1. The van der Waals surface area contributed by atoms with Crippen LogP contribution in [-0.2, 0) is 9.53 Å². The summed E-state index contributed by atoms with van der Waals surface area (Å²) in [5.41, 5.74) is 0.869. The molecule has 0 saturated carbocycles. The first-order valence-corrected chi connectivity index (χ1v) is 8.32. The average Bonchev–Trinajstić information content (AvgIpc) is 3.02.